The minimum absolute atomic E-state index is 0.0222. The molecule has 2 heterocycles. The van der Waals surface area contributed by atoms with E-state index >= 15 is 0 Å². The Labute approximate surface area is 147 Å². The van der Waals surface area contributed by atoms with Gasteiger partial charge < -0.3 is 14.8 Å². The van der Waals surface area contributed by atoms with Crippen LogP contribution in [0.1, 0.15) is 17.5 Å². The van der Waals surface area contributed by atoms with E-state index in [-0.39, 0.29) is 23.8 Å². The van der Waals surface area contributed by atoms with Crippen LogP contribution < -0.4 is 4.65 Å². The zero-order chi connectivity index (χ0) is 17.1. The lowest BCUT2D eigenvalue weighted by molar-refractivity contribution is -0.116. The molecule has 1 atom stereocenters. The number of benzene rings is 1. The van der Waals surface area contributed by atoms with Gasteiger partial charge in [0.15, 0.2) is 4.34 Å². The Morgan fingerprint density at radius 2 is 2.38 bits per heavy atom. The lowest BCUT2D eigenvalue weighted by Crippen LogP contribution is -2.35. The van der Waals surface area contributed by atoms with Gasteiger partial charge in [0.25, 0.3) is 0 Å². The predicted octanol–water partition coefficient (Wildman–Crippen LogP) is 2.60. The molecule has 6 nitrogen and oxygen atoms in total. The smallest absolute Gasteiger partial charge is 0.526 e. The number of para-hydroxylation sites is 1. The van der Waals surface area contributed by atoms with E-state index in [4.69, 9.17) is 4.65 Å². The number of Topliss-reactive ketones (excluding diaryl/α,β-unsaturated/α-hetero) is 1. The van der Waals surface area contributed by atoms with Crippen molar-refractivity contribution in [1.82, 2.24) is 10.2 Å². The Morgan fingerprint density at radius 1 is 1.54 bits per heavy atom. The summed E-state index contributed by atoms with van der Waals surface area (Å²) in [6, 6.07) is 5.33. The average Bonchev–Trinajstić information content (AvgIpc) is 3.06. The molecule has 9 heteroatoms. The van der Waals surface area contributed by atoms with Crippen LogP contribution in [0.3, 0.4) is 0 Å². The van der Waals surface area contributed by atoms with Gasteiger partial charge in [-0.15, -0.1) is 10.2 Å². The van der Waals surface area contributed by atoms with Crippen LogP contribution in [-0.4, -0.2) is 39.0 Å². The molecule has 0 aliphatic carbocycles. The summed E-state index contributed by atoms with van der Waals surface area (Å²) in [5, 5.41) is 27.4. The van der Waals surface area contributed by atoms with E-state index in [2.05, 4.69) is 16.8 Å². The highest BCUT2D eigenvalue weighted by Gasteiger charge is 2.37. The summed E-state index contributed by atoms with van der Waals surface area (Å²) in [7, 11) is -1.09. The van der Waals surface area contributed by atoms with Gasteiger partial charge in [-0.25, -0.2) is 0 Å². The molecule has 124 valence electrons. The van der Waals surface area contributed by atoms with E-state index in [1.54, 1.807) is 17.6 Å². The molecule has 24 heavy (non-hydrogen) atoms. The van der Waals surface area contributed by atoms with Crippen LogP contribution in [0.2, 0.25) is 5.82 Å². The summed E-state index contributed by atoms with van der Waals surface area (Å²) in [4.78, 5) is 12.2. The monoisotopic (exact) mass is 362 g/mol. The predicted molar refractivity (Wildman–Crippen MR) is 94.4 cm³/mol. The third kappa shape index (κ3) is 3.80. The van der Waals surface area contributed by atoms with Crippen LogP contribution in [-0.2, 0) is 11.2 Å². The Morgan fingerprint density at radius 3 is 3.08 bits per heavy atom. The van der Waals surface area contributed by atoms with Crippen molar-refractivity contribution in [2.24, 2.45) is 0 Å². The number of aliphatic hydroxyl groups is 1. The Balaban J connectivity index is 1.64. The number of carbonyl (C=O) groups excluding carboxylic acids is 1. The molecule has 2 N–H and O–H groups in total. The van der Waals surface area contributed by atoms with Crippen molar-refractivity contribution in [1.29, 1.82) is 0 Å². The molecular formula is C15H15BN2O4S2. The second-order valence-corrected chi connectivity index (χ2v) is 7.50. The molecule has 1 aliphatic heterocycles. The van der Waals surface area contributed by atoms with Crippen molar-refractivity contribution in [3.8, 4) is 5.75 Å². The van der Waals surface area contributed by atoms with E-state index in [0.717, 1.165) is 9.90 Å². The SMILES string of the molecule is C=C(O)c1cccc2c1OB(O)[C@@H](CC(=O)CSc1nncs1)C2. The molecule has 2 aromatic rings. The molecule has 0 radical (unpaired) electrons. The van der Waals surface area contributed by atoms with Crippen LogP contribution in [0.5, 0.6) is 5.75 Å². The maximum atomic E-state index is 12.2. The number of aliphatic hydroxyl groups excluding tert-OH is 1. The van der Waals surface area contributed by atoms with Crippen molar-refractivity contribution in [2.75, 3.05) is 5.75 Å². The summed E-state index contributed by atoms with van der Waals surface area (Å²) in [5.41, 5.74) is 2.93. The van der Waals surface area contributed by atoms with E-state index in [0.29, 0.717) is 23.5 Å². The fourth-order valence-corrected chi connectivity index (χ4v) is 3.97. The number of hydrogen-bond acceptors (Lipinski definition) is 8. The van der Waals surface area contributed by atoms with Gasteiger partial charge in [-0.2, -0.15) is 0 Å². The van der Waals surface area contributed by atoms with Crippen LogP contribution >= 0.6 is 23.1 Å². The lowest BCUT2D eigenvalue weighted by Gasteiger charge is -2.28. The number of thioether (sulfide) groups is 1. The zero-order valence-electron chi connectivity index (χ0n) is 12.7. The van der Waals surface area contributed by atoms with Gasteiger partial charge in [-0.3, -0.25) is 4.79 Å². The number of fused-ring (bicyclic) bond motifs is 1. The van der Waals surface area contributed by atoms with Gasteiger partial charge in [0.2, 0.25) is 0 Å². The molecule has 0 unspecified atom stereocenters. The molecule has 0 saturated heterocycles. The highest BCUT2D eigenvalue weighted by molar-refractivity contribution is 8.01. The molecule has 0 saturated carbocycles. The Bertz CT molecular complexity index is 754. The second kappa shape index (κ2) is 7.37. The van der Waals surface area contributed by atoms with Crippen molar-refractivity contribution in [3.05, 3.63) is 41.4 Å². The number of rotatable bonds is 6. The van der Waals surface area contributed by atoms with Gasteiger partial charge in [0.1, 0.15) is 22.8 Å². The minimum atomic E-state index is -1.09. The van der Waals surface area contributed by atoms with Crippen molar-refractivity contribution in [3.63, 3.8) is 0 Å². The average molecular weight is 362 g/mol. The molecule has 3 rings (SSSR count). The molecule has 0 bridgehead atoms. The minimum Gasteiger partial charge on any atom is -0.535 e. The third-order valence-corrected chi connectivity index (χ3v) is 5.64. The largest absolute Gasteiger partial charge is 0.535 e. The van der Waals surface area contributed by atoms with Crippen LogP contribution in [0.15, 0.2) is 34.6 Å². The van der Waals surface area contributed by atoms with E-state index in [1.807, 2.05) is 6.07 Å². The maximum absolute atomic E-state index is 12.2. The van der Waals surface area contributed by atoms with Crippen LogP contribution in [0.25, 0.3) is 5.76 Å². The summed E-state index contributed by atoms with van der Waals surface area (Å²) in [6.45, 7) is 3.50. The van der Waals surface area contributed by atoms with E-state index in [9.17, 15) is 14.9 Å². The fourth-order valence-electron chi connectivity index (χ4n) is 2.60. The number of aromatic nitrogens is 2. The molecule has 0 fully saturated rings. The van der Waals surface area contributed by atoms with Crippen LogP contribution in [0.4, 0.5) is 0 Å². The molecule has 1 aliphatic rings. The Hall–Kier alpha value is -1.84. The van der Waals surface area contributed by atoms with Crippen molar-refractivity contribution in [2.45, 2.75) is 23.0 Å². The summed E-state index contributed by atoms with van der Waals surface area (Å²) >= 11 is 2.73. The second-order valence-electron chi connectivity index (χ2n) is 5.45. The van der Waals surface area contributed by atoms with E-state index in [1.165, 1.54) is 23.1 Å². The highest BCUT2D eigenvalue weighted by Crippen LogP contribution is 2.38. The molecule has 1 aromatic heterocycles. The topological polar surface area (TPSA) is 92.5 Å². The first-order valence-corrected chi connectivity index (χ1v) is 9.16. The van der Waals surface area contributed by atoms with Crippen molar-refractivity contribution >= 4 is 41.8 Å². The molecular weight excluding hydrogens is 347 g/mol. The normalized spacial score (nSPS) is 16.4. The molecule has 1 aromatic carbocycles. The van der Waals surface area contributed by atoms with Gasteiger partial charge >= 0.3 is 7.12 Å². The first-order chi connectivity index (χ1) is 11.5. The highest BCUT2D eigenvalue weighted by atomic mass is 32.2. The summed E-state index contributed by atoms with van der Waals surface area (Å²) in [5.74, 6) is 0.321. The molecule has 0 amide bonds. The van der Waals surface area contributed by atoms with E-state index < -0.39 is 7.12 Å². The first kappa shape index (κ1) is 17.0. The van der Waals surface area contributed by atoms with Gasteiger partial charge in [-0.1, -0.05) is 41.8 Å². The third-order valence-electron chi connectivity index (χ3n) is 3.72. The van der Waals surface area contributed by atoms with Gasteiger partial charge in [0.05, 0.1) is 11.3 Å². The molecule has 0 spiro atoms. The Kier molecular flexibility index (Phi) is 5.22. The maximum Gasteiger partial charge on any atom is 0.526 e. The first-order valence-electron chi connectivity index (χ1n) is 7.30. The van der Waals surface area contributed by atoms with Crippen LogP contribution in [0, 0.1) is 0 Å². The quantitative estimate of drug-likeness (QED) is 0.464. The zero-order valence-corrected chi connectivity index (χ0v) is 14.3. The fraction of sp³-hybridized carbons (Fsp3) is 0.267. The van der Waals surface area contributed by atoms with Gasteiger partial charge in [-0.05, 0) is 18.1 Å². The standard InChI is InChI=1S/C15H15BN2O4S2/c1-9(19)13-4-2-3-10-5-11(16(21)22-14(10)13)6-12(20)7-23-15-18-17-8-24-15/h2-4,8,11,19,21H,1,5-7H2/t11-/m1/s1. The number of nitrogens with zero attached hydrogens (tertiary/aromatic N) is 2. The lowest BCUT2D eigenvalue weighted by atomic mass is 9.64. The number of ketones is 1. The number of hydrogen-bond donors (Lipinski definition) is 2. The van der Waals surface area contributed by atoms with Gasteiger partial charge in [0, 0.05) is 12.2 Å². The summed E-state index contributed by atoms with van der Waals surface area (Å²) < 4.78 is 6.29. The van der Waals surface area contributed by atoms with Crippen molar-refractivity contribution < 1.29 is 19.6 Å². The summed E-state index contributed by atoms with van der Waals surface area (Å²) in [6.07, 6.45) is 0.726. The number of carbonyl (C=O) groups is 1.